The summed E-state index contributed by atoms with van der Waals surface area (Å²) in [6.07, 6.45) is 10.4. The van der Waals surface area contributed by atoms with Crippen LogP contribution in [-0.2, 0) is 0 Å². The third-order valence-electron chi connectivity index (χ3n) is 5.00. The third kappa shape index (κ3) is 3.94. The molecule has 3 N–H and O–H groups in total. The van der Waals surface area contributed by atoms with Gasteiger partial charge in [-0.1, -0.05) is 19.3 Å². The molecule has 0 aromatic rings. The Kier molecular flexibility index (Phi) is 5.46. The Balaban J connectivity index is 1.67. The van der Waals surface area contributed by atoms with Gasteiger partial charge in [0.05, 0.1) is 6.10 Å². The molecule has 0 spiro atoms. The minimum absolute atomic E-state index is 0.0524. The van der Waals surface area contributed by atoms with E-state index in [2.05, 4.69) is 5.32 Å². The fourth-order valence-electron chi connectivity index (χ4n) is 3.58. The Labute approximate surface area is 111 Å². The smallest absolute Gasteiger partial charge is 0.0540 e. The predicted octanol–water partition coefficient (Wildman–Crippen LogP) is 2.07. The number of aliphatic hydroxyl groups excluding tert-OH is 2. The lowest BCUT2D eigenvalue weighted by Gasteiger charge is -2.36. The first kappa shape index (κ1) is 14.3. The van der Waals surface area contributed by atoms with E-state index in [1.807, 2.05) is 0 Å². The number of hydrogen-bond donors (Lipinski definition) is 3. The van der Waals surface area contributed by atoms with Crippen molar-refractivity contribution >= 4 is 0 Å². The molecule has 2 saturated carbocycles. The Morgan fingerprint density at radius 2 is 1.67 bits per heavy atom. The van der Waals surface area contributed by atoms with Crippen LogP contribution in [0.2, 0.25) is 0 Å². The van der Waals surface area contributed by atoms with Gasteiger partial charge in [0.1, 0.15) is 0 Å². The molecule has 2 rings (SSSR count). The first-order chi connectivity index (χ1) is 8.74. The van der Waals surface area contributed by atoms with Gasteiger partial charge in [-0.15, -0.1) is 0 Å². The van der Waals surface area contributed by atoms with Gasteiger partial charge in [0.15, 0.2) is 0 Å². The first-order valence-corrected chi connectivity index (χ1v) is 7.74. The Hall–Kier alpha value is -0.120. The molecule has 0 aliphatic heterocycles. The highest BCUT2D eigenvalue weighted by molar-refractivity contribution is 4.85. The molecule has 0 radical (unpaired) electrons. The topological polar surface area (TPSA) is 52.5 Å². The van der Waals surface area contributed by atoms with Crippen LogP contribution < -0.4 is 5.32 Å². The molecule has 3 heteroatoms. The summed E-state index contributed by atoms with van der Waals surface area (Å²) < 4.78 is 0. The number of hydrogen-bond acceptors (Lipinski definition) is 3. The van der Waals surface area contributed by atoms with Crippen LogP contribution in [0.4, 0.5) is 0 Å². The SMILES string of the molecule is OCC1(CNCC2CCC(O)CC2)CCCCC1. The highest BCUT2D eigenvalue weighted by atomic mass is 16.3. The summed E-state index contributed by atoms with van der Waals surface area (Å²) in [7, 11) is 0. The van der Waals surface area contributed by atoms with E-state index in [1.54, 1.807) is 0 Å². The summed E-state index contributed by atoms with van der Waals surface area (Å²) in [6, 6.07) is 0. The van der Waals surface area contributed by atoms with E-state index in [0.29, 0.717) is 6.61 Å². The first-order valence-electron chi connectivity index (χ1n) is 7.74. The summed E-state index contributed by atoms with van der Waals surface area (Å²) in [6.45, 7) is 2.38. The maximum Gasteiger partial charge on any atom is 0.0540 e. The van der Waals surface area contributed by atoms with Crippen molar-refractivity contribution < 1.29 is 10.2 Å². The van der Waals surface area contributed by atoms with E-state index >= 15 is 0 Å². The fourth-order valence-corrected chi connectivity index (χ4v) is 3.58. The zero-order chi connectivity index (χ0) is 12.8. The zero-order valence-electron chi connectivity index (χ0n) is 11.5. The van der Waals surface area contributed by atoms with E-state index in [9.17, 15) is 10.2 Å². The van der Waals surface area contributed by atoms with Crippen molar-refractivity contribution in [2.24, 2.45) is 11.3 Å². The van der Waals surface area contributed by atoms with Crippen LogP contribution in [0.5, 0.6) is 0 Å². The van der Waals surface area contributed by atoms with Crippen molar-refractivity contribution in [3.63, 3.8) is 0 Å². The van der Waals surface area contributed by atoms with Crippen molar-refractivity contribution in [1.29, 1.82) is 0 Å². The molecule has 3 nitrogen and oxygen atoms in total. The van der Waals surface area contributed by atoms with Gasteiger partial charge < -0.3 is 15.5 Å². The van der Waals surface area contributed by atoms with Gasteiger partial charge >= 0.3 is 0 Å². The Morgan fingerprint density at radius 1 is 1.00 bits per heavy atom. The summed E-state index contributed by atoms with van der Waals surface area (Å²) in [5.74, 6) is 0.729. The van der Waals surface area contributed by atoms with Crippen LogP contribution >= 0.6 is 0 Å². The maximum atomic E-state index is 9.64. The lowest BCUT2D eigenvalue weighted by Crippen LogP contribution is -2.41. The second-order valence-electron chi connectivity index (χ2n) is 6.52. The van der Waals surface area contributed by atoms with Crippen LogP contribution in [0.25, 0.3) is 0 Å². The average molecular weight is 255 g/mol. The van der Waals surface area contributed by atoms with Crippen LogP contribution in [0.15, 0.2) is 0 Å². The molecule has 0 saturated heterocycles. The van der Waals surface area contributed by atoms with E-state index in [-0.39, 0.29) is 11.5 Å². The van der Waals surface area contributed by atoms with Crippen molar-refractivity contribution in [1.82, 2.24) is 5.32 Å². The molecule has 0 bridgehead atoms. The highest BCUT2D eigenvalue weighted by Gasteiger charge is 2.31. The molecule has 2 aliphatic carbocycles. The summed E-state index contributed by atoms with van der Waals surface area (Å²) in [5, 5.41) is 22.7. The lowest BCUT2D eigenvalue weighted by molar-refractivity contribution is 0.0762. The van der Waals surface area contributed by atoms with Gasteiger partial charge in [0, 0.05) is 18.6 Å². The van der Waals surface area contributed by atoms with Crippen molar-refractivity contribution in [2.45, 2.75) is 63.9 Å². The maximum absolute atomic E-state index is 9.64. The quantitative estimate of drug-likeness (QED) is 0.705. The van der Waals surface area contributed by atoms with Crippen molar-refractivity contribution in [3.8, 4) is 0 Å². The molecule has 0 amide bonds. The van der Waals surface area contributed by atoms with Crippen LogP contribution in [0.1, 0.15) is 57.8 Å². The molecule has 0 aromatic carbocycles. The molecule has 2 fully saturated rings. The molecular formula is C15H29NO2. The predicted molar refractivity (Wildman–Crippen MR) is 73.4 cm³/mol. The van der Waals surface area contributed by atoms with E-state index in [0.717, 1.165) is 44.7 Å². The minimum Gasteiger partial charge on any atom is -0.396 e. The second kappa shape index (κ2) is 6.88. The van der Waals surface area contributed by atoms with Gasteiger partial charge in [0.25, 0.3) is 0 Å². The number of aliphatic hydroxyl groups is 2. The van der Waals surface area contributed by atoms with Crippen LogP contribution in [-0.4, -0.2) is 36.0 Å². The van der Waals surface area contributed by atoms with Gasteiger partial charge in [0.2, 0.25) is 0 Å². The third-order valence-corrected chi connectivity index (χ3v) is 5.00. The van der Waals surface area contributed by atoms with Gasteiger partial charge in [-0.25, -0.2) is 0 Å². The summed E-state index contributed by atoms with van der Waals surface area (Å²) in [5.41, 5.74) is 0.159. The van der Waals surface area contributed by atoms with Gasteiger partial charge in [-0.05, 0) is 51.0 Å². The van der Waals surface area contributed by atoms with E-state index in [4.69, 9.17) is 0 Å². The van der Waals surface area contributed by atoms with Gasteiger partial charge in [-0.3, -0.25) is 0 Å². The van der Waals surface area contributed by atoms with E-state index < -0.39 is 0 Å². The van der Waals surface area contributed by atoms with Crippen molar-refractivity contribution in [2.75, 3.05) is 19.7 Å². The van der Waals surface area contributed by atoms with Crippen LogP contribution in [0, 0.1) is 11.3 Å². The molecular weight excluding hydrogens is 226 g/mol. The largest absolute Gasteiger partial charge is 0.396 e. The molecule has 0 aromatic heterocycles. The summed E-state index contributed by atoms with van der Waals surface area (Å²) in [4.78, 5) is 0. The van der Waals surface area contributed by atoms with Gasteiger partial charge in [-0.2, -0.15) is 0 Å². The average Bonchev–Trinajstić information content (AvgIpc) is 2.42. The molecule has 18 heavy (non-hydrogen) atoms. The number of rotatable bonds is 5. The molecule has 2 aliphatic rings. The highest BCUT2D eigenvalue weighted by Crippen LogP contribution is 2.35. The molecule has 0 atom stereocenters. The second-order valence-corrected chi connectivity index (χ2v) is 6.52. The fraction of sp³-hybridized carbons (Fsp3) is 1.00. The van der Waals surface area contributed by atoms with E-state index in [1.165, 1.54) is 32.1 Å². The van der Waals surface area contributed by atoms with Crippen molar-refractivity contribution in [3.05, 3.63) is 0 Å². The Morgan fingerprint density at radius 3 is 2.28 bits per heavy atom. The number of nitrogens with one attached hydrogen (secondary N) is 1. The molecule has 106 valence electrons. The minimum atomic E-state index is -0.0524. The standard InChI is InChI=1S/C15H29NO2/c17-12-15(8-2-1-3-9-15)11-16-10-13-4-6-14(18)7-5-13/h13-14,16-18H,1-12H2. The monoisotopic (exact) mass is 255 g/mol. The lowest BCUT2D eigenvalue weighted by atomic mass is 9.74. The zero-order valence-corrected chi connectivity index (χ0v) is 11.5. The molecule has 0 heterocycles. The summed E-state index contributed by atoms with van der Waals surface area (Å²) >= 11 is 0. The normalized spacial score (nSPS) is 32.3. The van der Waals surface area contributed by atoms with Crippen LogP contribution in [0.3, 0.4) is 0 Å². The Bertz CT molecular complexity index is 231. The molecule has 0 unspecified atom stereocenters.